The van der Waals surface area contributed by atoms with E-state index in [4.69, 9.17) is 4.74 Å². The highest BCUT2D eigenvalue weighted by Gasteiger charge is 2.10. The molecule has 1 N–H and O–H groups in total. The monoisotopic (exact) mass is 463 g/mol. The minimum atomic E-state index is -0.192. The van der Waals surface area contributed by atoms with Gasteiger partial charge < -0.3 is 10.1 Å². The molecular formula is C22H18BrN5O2. The number of benzene rings is 2. The fraction of sp³-hybridized carbons (Fsp3) is 0.0909. The summed E-state index contributed by atoms with van der Waals surface area (Å²) in [5.41, 5.74) is 3.17. The number of nitrogens with one attached hydrogen (secondary N) is 1. The van der Waals surface area contributed by atoms with E-state index in [9.17, 15) is 4.79 Å². The van der Waals surface area contributed by atoms with Crippen LogP contribution in [0, 0.1) is 13.8 Å². The van der Waals surface area contributed by atoms with Gasteiger partial charge in [0.05, 0.1) is 11.3 Å². The molecule has 0 bridgehead atoms. The number of hydrogen-bond donors (Lipinski definition) is 1. The second-order valence-corrected chi connectivity index (χ2v) is 7.41. The Morgan fingerprint density at radius 1 is 1.03 bits per heavy atom. The Bertz CT molecular complexity index is 1200. The van der Waals surface area contributed by atoms with Gasteiger partial charge in [-0.2, -0.15) is 0 Å². The highest BCUT2D eigenvalue weighted by Crippen LogP contribution is 2.24. The van der Waals surface area contributed by atoms with Crippen LogP contribution in [0.15, 0.2) is 71.7 Å². The van der Waals surface area contributed by atoms with Gasteiger partial charge in [0, 0.05) is 21.9 Å². The minimum Gasteiger partial charge on any atom is -0.439 e. The standard InChI is InChI=1S/C22H18BrN5O2/c1-14-15(2)28(13-26-14)20-11-21(25-12-24-20)30-17-9-7-16(8-10-17)27-22(29)18-5-3-4-6-19(18)23/h3-13H,1-2H3,(H,27,29). The number of carbonyl (C=O) groups excluding carboxylic acids is 1. The van der Waals surface area contributed by atoms with Crippen molar-refractivity contribution in [3.63, 3.8) is 0 Å². The van der Waals surface area contributed by atoms with E-state index >= 15 is 0 Å². The molecule has 150 valence electrons. The molecule has 4 aromatic rings. The smallest absolute Gasteiger partial charge is 0.256 e. The van der Waals surface area contributed by atoms with Crippen LogP contribution in [0.5, 0.6) is 11.6 Å². The van der Waals surface area contributed by atoms with Gasteiger partial charge in [-0.3, -0.25) is 9.36 Å². The first-order valence-electron chi connectivity index (χ1n) is 9.18. The maximum absolute atomic E-state index is 12.4. The first-order chi connectivity index (χ1) is 14.5. The van der Waals surface area contributed by atoms with E-state index in [0.717, 1.165) is 15.9 Å². The van der Waals surface area contributed by atoms with Crippen molar-refractivity contribution in [2.45, 2.75) is 13.8 Å². The highest BCUT2D eigenvalue weighted by atomic mass is 79.9. The summed E-state index contributed by atoms with van der Waals surface area (Å²) in [7, 11) is 0. The zero-order valence-electron chi connectivity index (χ0n) is 16.3. The lowest BCUT2D eigenvalue weighted by Crippen LogP contribution is -2.12. The molecule has 2 heterocycles. The van der Waals surface area contributed by atoms with Gasteiger partial charge >= 0.3 is 0 Å². The Hall–Kier alpha value is -3.52. The van der Waals surface area contributed by atoms with E-state index in [-0.39, 0.29) is 5.91 Å². The molecule has 7 nitrogen and oxygen atoms in total. The number of carbonyl (C=O) groups is 1. The Balaban J connectivity index is 1.46. The van der Waals surface area contributed by atoms with Gasteiger partial charge in [-0.05, 0) is 66.2 Å². The zero-order valence-corrected chi connectivity index (χ0v) is 17.9. The average molecular weight is 464 g/mol. The highest BCUT2D eigenvalue weighted by molar-refractivity contribution is 9.10. The van der Waals surface area contributed by atoms with Gasteiger partial charge in [-0.15, -0.1) is 0 Å². The number of aromatic nitrogens is 4. The second kappa shape index (κ2) is 8.46. The number of nitrogens with zero attached hydrogens (tertiary/aromatic N) is 4. The third-order valence-corrected chi connectivity index (χ3v) is 5.27. The zero-order chi connectivity index (χ0) is 21.1. The summed E-state index contributed by atoms with van der Waals surface area (Å²) in [6.45, 7) is 3.92. The summed E-state index contributed by atoms with van der Waals surface area (Å²) in [5, 5.41) is 2.87. The second-order valence-electron chi connectivity index (χ2n) is 6.56. The molecule has 0 saturated carbocycles. The predicted octanol–water partition coefficient (Wildman–Crippen LogP) is 5.09. The number of rotatable bonds is 5. The lowest BCUT2D eigenvalue weighted by molar-refractivity contribution is 0.102. The van der Waals surface area contributed by atoms with Gasteiger partial charge in [-0.1, -0.05) is 12.1 Å². The van der Waals surface area contributed by atoms with Crippen molar-refractivity contribution in [2.24, 2.45) is 0 Å². The number of amides is 1. The summed E-state index contributed by atoms with van der Waals surface area (Å²) in [5.74, 6) is 1.49. The average Bonchev–Trinajstić information content (AvgIpc) is 3.08. The Labute approximate surface area is 181 Å². The first kappa shape index (κ1) is 19.8. The van der Waals surface area contributed by atoms with Crippen molar-refractivity contribution >= 4 is 27.5 Å². The van der Waals surface area contributed by atoms with E-state index in [1.54, 1.807) is 42.7 Å². The van der Waals surface area contributed by atoms with Gasteiger partial charge in [-0.25, -0.2) is 15.0 Å². The van der Waals surface area contributed by atoms with E-state index in [1.165, 1.54) is 6.33 Å². The lowest BCUT2D eigenvalue weighted by atomic mass is 10.2. The van der Waals surface area contributed by atoms with E-state index in [2.05, 4.69) is 36.2 Å². The summed E-state index contributed by atoms with van der Waals surface area (Å²) in [4.78, 5) is 25.2. The molecule has 2 aromatic heterocycles. The molecule has 0 aliphatic rings. The minimum absolute atomic E-state index is 0.192. The van der Waals surface area contributed by atoms with Crippen LogP contribution in [0.1, 0.15) is 21.7 Å². The molecule has 4 rings (SSSR count). The van der Waals surface area contributed by atoms with Gasteiger partial charge in [0.2, 0.25) is 5.88 Å². The van der Waals surface area contributed by atoms with Crippen LogP contribution in [0.3, 0.4) is 0 Å². The van der Waals surface area contributed by atoms with Crippen LogP contribution in [0.2, 0.25) is 0 Å². The largest absolute Gasteiger partial charge is 0.439 e. The van der Waals surface area contributed by atoms with Crippen LogP contribution < -0.4 is 10.1 Å². The van der Waals surface area contributed by atoms with Crippen LogP contribution >= 0.6 is 15.9 Å². The van der Waals surface area contributed by atoms with Crippen molar-refractivity contribution in [1.29, 1.82) is 0 Å². The summed E-state index contributed by atoms with van der Waals surface area (Å²) < 4.78 is 8.47. The first-order valence-corrected chi connectivity index (χ1v) is 9.97. The van der Waals surface area contributed by atoms with Gasteiger partial charge in [0.1, 0.15) is 24.2 Å². The molecular weight excluding hydrogens is 446 g/mol. The molecule has 8 heteroatoms. The van der Waals surface area contributed by atoms with Crippen molar-refractivity contribution in [3.05, 3.63) is 88.7 Å². The quantitative estimate of drug-likeness (QED) is 0.445. The molecule has 0 unspecified atom stereocenters. The number of imidazole rings is 1. The fourth-order valence-corrected chi connectivity index (χ4v) is 3.28. The number of ether oxygens (including phenoxy) is 1. The van der Waals surface area contributed by atoms with Crippen LogP contribution in [-0.4, -0.2) is 25.4 Å². The maximum atomic E-state index is 12.4. The lowest BCUT2D eigenvalue weighted by Gasteiger charge is -2.09. The maximum Gasteiger partial charge on any atom is 0.256 e. The molecule has 0 saturated heterocycles. The summed E-state index contributed by atoms with van der Waals surface area (Å²) in [6.07, 6.45) is 3.17. The molecule has 1 amide bonds. The molecule has 0 aliphatic heterocycles. The molecule has 0 fully saturated rings. The number of aryl methyl sites for hydroxylation is 1. The van der Waals surface area contributed by atoms with Crippen molar-refractivity contribution in [1.82, 2.24) is 19.5 Å². The topological polar surface area (TPSA) is 81.9 Å². The van der Waals surface area contributed by atoms with E-state index in [0.29, 0.717) is 28.7 Å². The van der Waals surface area contributed by atoms with Crippen molar-refractivity contribution in [2.75, 3.05) is 5.32 Å². The predicted molar refractivity (Wildman–Crippen MR) is 117 cm³/mol. The Kier molecular flexibility index (Phi) is 5.58. The molecule has 30 heavy (non-hydrogen) atoms. The molecule has 2 aromatic carbocycles. The molecule has 0 aliphatic carbocycles. The SMILES string of the molecule is Cc1ncn(-c2cc(Oc3ccc(NC(=O)c4ccccc4Br)cc3)ncn2)c1C. The number of hydrogen-bond acceptors (Lipinski definition) is 5. The Morgan fingerprint density at radius 3 is 2.50 bits per heavy atom. The molecule has 0 spiro atoms. The van der Waals surface area contributed by atoms with Crippen LogP contribution in [0.25, 0.3) is 5.82 Å². The van der Waals surface area contributed by atoms with Crippen molar-refractivity contribution < 1.29 is 9.53 Å². The molecule has 0 atom stereocenters. The molecule has 0 radical (unpaired) electrons. The fourth-order valence-electron chi connectivity index (χ4n) is 2.82. The van der Waals surface area contributed by atoms with Gasteiger partial charge in [0.25, 0.3) is 5.91 Å². The van der Waals surface area contributed by atoms with Crippen LogP contribution in [0.4, 0.5) is 5.69 Å². The van der Waals surface area contributed by atoms with Gasteiger partial charge in [0.15, 0.2) is 0 Å². The number of halogens is 1. The van der Waals surface area contributed by atoms with Crippen molar-refractivity contribution in [3.8, 4) is 17.4 Å². The van der Waals surface area contributed by atoms with Crippen LogP contribution in [-0.2, 0) is 0 Å². The van der Waals surface area contributed by atoms with E-state index < -0.39 is 0 Å². The third kappa shape index (κ3) is 4.23. The number of anilines is 1. The summed E-state index contributed by atoms with van der Waals surface area (Å²) in [6, 6.07) is 16.1. The van der Waals surface area contributed by atoms with E-state index in [1.807, 2.05) is 36.6 Å². The third-order valence-electron chi connectivity index (χ3n) is 4.58. The Morgan fingerprint density at radius 2 is 1.80 bits per heavy atom. The summed E-state index contributed by atoms with van der Waals surface area (Å²) >= 11 is 3.39. The normalized spacial score (nSPS) is 10.6.